The molecule has 2 aromatic carbocycles. The first-order chi connectivity index (χ1) is 13.5. The Morgan fingerprint density at radius 3 is 2.46 bits per heavy atom. The highest BCUT2D eigenvalue weighted by atomic mass is 35.5. The van der Waals surface area contributed by atoms with Gasteiger partial charge in [-0.3, -0.25) is 4.98 Å². The number of nitrogens with zero attached hydrogens (tertiary/aromatic N) is 4. The Balaban J connectivity index is 1.54. The van der Waals surface area contributed by atoms with Gasteiger partial charge in [0, 0.05) is 30.7 Å². The van der Waals surface area contributed by atoms with E-state index in [9.17, 15) is 5.11 Å². The van der Waals surface area contributed by atoms with Crippen LogP contribution in [0.4, 0.5) is 5.82 Å². The van der Waals surface area contributed by atoms with Gasteiger partial charge in [-0.2, -0.15) is 0 Å². The number of benzene rings is 2. The summed E-state index contributed by atoms with van der Waals surface area (Å²) in [6.07, 6.45) is 1.79. The van der Waals surface area contributed by atoms with Gasteiger partial charge in [0.25, 0.3) is 0 Å². The molecule has 0 fully saturated rings. The molecular formula is C21H16Cl2N4O. The molecule has 2 aromatic heterocycles. The molecule has 0 atom stereocenters. The fourth-order valence-corrected chi connectivity index (χ4v) is 3.46. The van der Waals surface area contributed by atoms with Crippen molar-refractivity contribution in [3.8, 4) is 17.0 Å². The van der Waals surface area contributed by atoms with E-state index < -0.39 is 0 Å². The zero-order valence-electron chi connectivity index (χ0n) is 15.0. The fourth-order valence-electron chi connectivity index (χ4n) is 2.97. The van der Waals surface area contributed by atoms with Gasteiger partial charge in [0.15, 0.2) is 11.6 Å². The van der Waals surface area contributed by atoms with Crippen LogP contribution < -0.4 is 4.90 Å². The summed E-state index contributed by atoms with van der Waals surface area (Å²) in [6.45, 7) is 0.690. The van der Waals surface area contributed by atoms with Crippen LogP contribution in [0.1, 0.15) is 5.56 Å². The molecule has 2 heterocycles. The monoisotopic (exact) mass is 410 g/mol. The predicted octanol–water partition coefficient (Wildman–Crippen LogP) is 5.34. The lowest BCUT2D eigenvalue weighted by atomic mass is 10.1. The lowest BCUT2D eigenvalue weighted by molar-refractivity contribution is 0.476. The summed E-state index contributed by atoms with van der Waals surface area (Å²) in [5, 5.41) is 19.7. The summed E-state index contributed by atoms with van der Waals surface area (Å²) in [5.41, 5.74) is 3.45. The number of anilines is 1. The van der Waals surface area contributed by atoms with Crippen LogP contribution in [-0.2, 0) is 6.54 Å². The minimum absolute atomic E-state index is 0.137. The largest absolute Gasteiger partial charge is 0.505 e. The second-order valence-corrected chi connectivity index (χ2v) is 7.27. The first-order valence-electron chi connectivity index (χ1n) is 8.58. The summed E-state index contributed by atoms with van der Waals surface area (Å²) in [4.78, 5) is 6.36. The van der Waals surface area contributed by atoms with Gasteiger partial charge in [-0.15, -0.1) is 10.2 Å². The standard InChI is InChI=1S/C21H16Cl2N4O/c1-27(12-13-4-5-18-14(9-13)3-2-8-24-18)20-7-6-19(25-26-20)15-10-16(22)21(28)17(23)11-15/h2-11,28H,12H2,1H3. The second kappa shape index (κ2) is 7.62. The second-order valence-electron chi connectivity index (χ2n) is 6.45. The molecule has 1 N–H and O–H groups in total. The first-order valence-corrected chi connectivity index (χ1v) is 9.34. The highest BCUT2D eigenvalue weighted by Gasteiger charge is 2.11. The summed E-state index contributed by atoms with van der Waals surface area (Å²) in [5.74, 6) is 0.605. The third kappa shape index (κ3) is 3.72. The van der Waals surface area contributed by atoms with Crippen molar-refractivity contribution in [1.29, 1.82) is 0 Å². The Labute approximate surface area is 172 Å². The highest BCUT2D eigenvalue weighted by molar-refractivity contribution is 6.37. The lowest BCUT2D eigenvalue weighted by Gasteiger charge is -2.18. The number of phenols is 1. The summed E-state index contributed by atoms with van der Waals surface area (Å²) >= 11 is 12.0. The summed E-state index contributed by atoms with van der Waals surface area (Å²) < 4.78 is 0. The van der Waals surface area contributed by atoms with Crippen molar-refractivity contribution < 1.29 is 5.11 Å². The maximum atomic E-state index is 9.69. The molecule has 28 heavy (non-hydrogen) atoms. The molecule has 4 aromatic rings. The van der Waals surface area contributed by atoms with E-state index in [0.29, 0.717) is 17.8 Å². The maximum Gasteiger partial charge on any atom is 0.152 e. The molecule has 0 aliphatic rings. The Morgan fingerprint density at radius 1 is 0.964 bits per heavy atom. The van der Waals surface area contributed by atoms with E-state index >= 15 is 0 Å². The number of aromatic hydroxyl groups is 1. The number of hydrogen-bond acceptors (Lipinski definition) is 5. The Hall–Kier alpha value is -2.89. The molecule has 0 unspecified atom stereocenters. The van der Waals surface area contributed by atoms with E-state index in [1.807, 2.05) is 42.3 Å². The van der Waals surface area contributed by atoms with Crippen molar-refractivity contribution in [3.05, 3.63) is 76.4 Å². The van der Waals surface area contributed by atoms with E-state index in [2.05, 4.69) is 27.3 Å². The minimum atomic E-state index is -0.137. The van der Waals surface area contributed by atoms with Gasteiger partial charge in [0.1, 0.15) is 0 Å². The number of aromatic nitrogens is 3. The van der Waals surface area contributed by atoms with Crippen molar-refractivity contribution in [3.63, 3.8) is 0 Å². The van der Waals surface area contributed by atoms with E-state index in [4.69, 9.17) is 23.2 Å². The van der Waals surface area contributed by atoms with Crippen LogP contribution in [0.5, 0.6) is 5.75 Å². The molecule has 0 radical (unpaired) electrons. The van der Waals surface area contributed by atoms with Gasteiger partial charge in [0.2, 0.25) is 0 Å². The van der Waals surface area contributed by atoms with Crippen LogP contribution >= 0.6 is 23.2 Å². The molecule has 7 heteroatoms. The molecule has 4 rings (SSSR count). The number of halogens is 2. The number of pyridine rings is 1. The third-order valence-electron chi connectivity index (χ3n) is 4.44. The maximum absolute atomic E-state index is 9.69. The van der Waals surface area contributed by atoms with Crippen LogP contribution in [0.15, 0.2) is 60.8 Å². The Morgan fingerprint density at radius 2 is 1.75 bits per heavy atom. The number of rotatable bonds is 4. The molecule has 140 valence electrons. The molecule has 0 saturated heterocycles. The average Bonchev–Trinajstić information content (AvgIpc) is 2.71. The molecule has 0 amide bonds. The average molecular weight is 411 g/mol. The van der Waals surface area contributed by atoms with E-state index in [-0.39, 0.29) is 15.8 Å². The van der Waals surface area contributed by atoms with Gasteiger partial charge < -0.3 is 10.0 Å². The first kappa shape index (κ1) is 18.5. The quantitative estimate of drug-likeness (QED) is 0.491. The van der Waals surface area contributed by atoms with Crippen LogP contribution in [0.2, 0.25) is 10.0 Å². The topological polar surface area (TPSA) is 62.1 Å². The smallest absolute Gasteiger partial charge is 0.152 e. The molecule has 5 nitrogen and oxygen atoms in total. The number of hydrogen-bond donors (Lipinski definition) is 1. The summed E-state index contributed by atoms with van der Waals surface area (Å²) in [7, 11) is 1.96. The zero-order valence-corrected chi connectivity index (χ0v) is 16.5. The van der Waals surface area contributed by atoms with Crippen molar-refractivity contribution in [2.75, 3.05) is 11.9 Å². The molecule has 0 saturated carbocycles. The van der Waals surface area contributed by atoms with Crippen molar-refractivity contribution in [2.45, 2.75) is 6.54 Å². The minimum Gasteiger partial charge on any atom is -0.505 e. The van der Waals surface area contributed by atoms with Crippen molar-refractivity contribution in [1.82, 2.24) is 15.2 Å². The molecule has 0 aliphatic heterocycles. The van der Waals surface area contributed by atoms with E-state index in [1.165, 1.54) is 0 Å². The van der Waals surface area contributed by atoms with Crippen molar-refractivity contribution in [2.24, 2.45) is 0 Å². The molecular weight excluding hydrogens is 395 g/mol. The van der Waals surface area contributed by atoms with E-state index in [0.717, 1.165) is 22.3 Å². The third-order valence-corrected chi connectivity index (χ3v) is 5.02. The summed E-state index contributed by atoms with van der Waals surface area (Å²) in [6, 6.07) is 17.2. The Kier molecular flexibility index (Phi) is 5.03. The van der Waals surface area contributed by atoms with Gasteiger partial charge in [-0.25, -0.2) is 0 Å². The van der Waals surface area contributed by atoms with Crippen LogP contribution in [-0.4, -0.2) is 27.3 Å². The Bertz CT molecular complexity index is 1130. The van der Waals surface area contributed by atoms with Gasteiger partial charge in [0.05, 0.1) is 21.3 Å². The van der Waals surface area contributed by atoms with Crippen LogP contribution in [0.25, 0.3) is 22.2 Å². The molecule has 0 bridgehead atoms. The lowest BCUT2D eigenvalue weighted by Crippen LogP contribution is -2.18. The number of phenolic OH excluding ortho intramolecular Hbond substituents is 1. The van der Waals surface area contributed by atoms with Crippen LogP contribution in [0, 0.1) is 0 Å². The van der Waals surface area contributed by atoms with Gasteiger partial charge >= 0.3 is 0 Å². The molecule has 0 aliphatic carbocycles. The number of fused-ring (bicyclic) bond motifs is 1. The predicted molar refractivity (Wildman–Crippen MR) is 113 cm³/mol. The zero-order chi connectivity index (χ0) is 19.7. The fraction of sp³-hybridized carbons (Fsp3) is 0.0952. The van der Waals surface area contributed by atoms with Gasteiger partial charge in [-0.05, 0) is 48.0 Å². The van der Waals surface area contributed by atoms with E-state index in [1.54, 1.807) is 18.3 Å². The van der Waals surface area contributed by atoms with Crippen molar-refractivity contribution >= 4 is 39.9 Å². The normalized spacial score (nSPS) is 11.0. The van der Waals surface area contributed by atoms with Gasteiger partial charge in [-0.1, -0.05) is 35.3 Å². The highest BCUT2D eigenvalue weighted by Crippen LogP contribution is 2.35. The SMILES string of the molecule is CN(Cc1ccc2ncccc2c1)c1ccc(-c2cc(Cl)c(O)c(Cl)c2)nn1. The van der Waals surface area contributed by atoms with Crippen LogP contribution in [0.3, 0.4) is 0 Å². The molecule has 0 spiro atoms.